The predicted octanol–water partition coefficient (Wildman–Crippen LogP) is 4.54. The average molecular weight is 368 g/mol. The number of amides is 1. The molecular weight excluding hydrogens is 322 g/mol. The van der Waals surface area contributed by atoms with Crippen LogP contribution >= 0.6 is 0 Å². The van der Waals surface area contributed by atoms with Crippen molar-refractivity contribution in [1.29, 1.82) is 0 Å². The minimum Gasteiger partial charge on any atom is -0.356 e. The quantitative estimate of drug-likeness (QED) is 0.444. The van der Waals surface area contributed by atoms with E-state index in [1.54, 1.807) is 0 Å². The van der Waals surface area contributed by atoms with Gasteiger partial charge >= 0.3 is 0 Å². The second-order valence-electron chi connectivity index (χ2n) is 7.99. The van der Waals surface area contributed by atoms with Gasteiger partial charge in [-0.1, -0.05) is 77.6 Å². The van der Waals surface area contributed by atoms with E-state index < -0.39 is 0 Å². The molecule has 26 heavy (non-hydrogen) atoms. The van der Waals surface area contributed by atoms with Gasteiger partial charge in [0.05, 0.1) is 0 Å². The third kappa shape index (κ3) is 14.5. The molecule has 0 aromatic rings. The summed E-state index contributed by atoms with van der Waals surface area (Å²) in [6.45, 7) is 6.18. The maximum atomic E-state index is 12.0. The highest BCUT2D eigenvalue weighted by Gasteiger charge is 2.13. The molecule has 1 rings (SSSR count). The first-order valence-electron chi connectivity index (χ1n) is 11.5. The van der Waals surface area contributed by atoms with Crippen molar-refractivity contribution in [3.8, 4) is 0 Å². The Kier molecular flexibility index (Phi) is 16.0. The molecule has 1 saturated heterocycles. The zero-order chi connectivity index (χ0) is 18.7. The van der Waals surface area contributed by atoms with Crippen LogP contribution in [-0.2, 0) is 4.79 Å². The van der Waals surface area contributed by atoms with Crippen LogP contribution in [0.5, 0.6) is 0 Å². The number of unbranched alkanes of at least 4 members (excludes halogenated alkanes) is 10. The van der Waals surface area contributed by atoms with Crippen LogP contribution < -0.4 is 16.0 Å². The van der Waals surface area contributed by atoms with Gasteiger partial charge in [-0.25, -0.2) is 0 Å². The summed E-state index contributed by atoms with van der Waals surface area (Å²) in [5.41, 5.74) is 0. The summed E-state index contributed by atoms with van der Waals surface area (Å²) in [4.78, 5) is 12.0. The lowest BCUT2D eigenvalue weighted by Crippen LogP contribution is -2.38. The molecule has 1 unspecified atom stereocenters. The summed E-state index contributed by atoms with van der Waals surface area (Å²) in [5, 5.41) is 10.1. The molecule has 0 aromatic heterocycles. The first-order chi connectivity index (χ1) is 12.8. The Morgan fingerprint density at radius 3 is 2.00 bits per heavy atom. The van der Waals surface area contributed by atoms with E-state index in [0.29, 0.717) is 12.5 Å². The zero-order valence-corrected chi connectivity index (χ0v) is 17.4. The molecule has 3 N–H and O–H groups in total. The fourth-order valence-corrected chi connectivity index (χ4v) is 3.71. The third-order valence-electron chi connectivity index (χ3n) is 5.40. The number of carbonyl (C=O) groups excluding carboxylic acids is 1. The van der Waals surface area contributed by atoms with Crippen LogP contribution in [-0.4, -0.2) is 38.1 Å². The summed E-state index contributed by atoms with van der Waals surface area (Å²) in [6.07, 6.45) is 19.1. The molecule has 1 atom stereocenters. The predicted molar refractivity (Wildman–Crippen MR) is 113 cm³/mol. The topological polar surface area (TPSA) is 53.2 Å². The van der Waals surface area contributed by atoms with E-state index in [1.807, 2.05) is 0 Å². The molecular formula is C22H45N3O. The van der Waals surface area contributed by atoms with Crippen molar-refractivity contribution in [2.24, 2.45) is 0 Å². The van der Waals surface area contributed by atoms with Crippen molar-refractivity contribution in [3.63, 3.8) is 0 Å². The van der Waals surface area contributed by atoms with E-state index in [0.717, 1.165) is 45.4 Å². The number of hydrogen-bond donors (Lipinski definition) is 3. The third-order valence-corrected chi connectivity index (χ3v) is 5.40. The standard InChI is InChI=1S/C22H45N3O/c1-2-3-4-5-6-7-8-9-10-11-12-15-21-20-22(26)25-19-14-17-23-16-13-18-24-21/h21,23-24H,2-20H2,1H3,(H,25,26). The minimum atomic E-state index is 0.214. The molecule has 154 valence electrons. The Balaban J connectivity index is 2.02. The average Bonchev–Trinajstić information content (AvgIpc) is 2.63. The van der Waals surface area contributed by atoms with Crippen LogP contribution in [0, 0.1) is 0 Å². The van der Waals surface area contributed by atoms with Crippen LogP contribution in [0.1, 0.15) is 103 Å². The van der Waals surface area contributed by atoms with Gasteiger partial charge in [0.25, 0.3) is 0 Å². The molecule has 0 aromatic carbocycles. The van der Waals surface area contributed by atoms with Crippen LogP contribution in [0.15, 0.2) is 0 Å². The number of carbonyl (C=O) groups is 1. The molecule has 0 aliphatic carbocycles. The highest BCUT2D eigenvalue weighted by molar-refractivity contribution is 5.76. The molecule has 4 heteroatoms. The fraction of sp³-hybridized carbons (Fsp3) is 0.955. The first-order valence-corrected chi connectivity index (χ1v) is 11.5. The second-order valence-corrected chi connectivity index (χ2v) is 7.99. The van der Waals surface area contributed by atoms with Crippen molar-refractivity contribution in [2.75, 3.05) is 26.2 Å². The Bertz CT molecular complexity index is 323. The number of hydrogen-bond acceptors (Lipinski definition) is 3. The van der Waals surface area contributed by atoms with Crippen molar-refractivity contribution in [3.05, 3.63) is 0 Å². The molecule has 1 aliphatic heterocycles. The minimum absolute atomic E-state index is 0.214. The normalized spacial score (nSPS) is 20.2. The van der Waals surface area contributed by atoms with Gasteiger partial charge in [0, 0.05) is 19.0 Å². The summed E-state index contributed by atoms with van der Waals surface area (Å²) in [7, 11) is 0. The number of nitrogens with one attached hydrogen (secondary N) is 3. The Labute approximate surface area is 162 Å². The van der Waals surface area contributed by atoms with E-state index in [9.17, 15) is 4.79 Å². The second kappa shape index (κ2) is 17.8. The molecule has 0 bridgehead atoms. The maximum absolute atomic E-state index is 12.0. The van der Waals surface area contributed by atoms with Gasteiger partial charge in [0.1, 0.15) is 0 Å². The molecule has 0 spiro atoms. The molecule has 1 heterocycles. The van der Waals surface area contributed by atoms with Gasteiger partial charge < -0.3 is 16.0 Å². The smallest absolute Gasteiger partial charge is 0.221 e. The monoisotopic (exact) mass is 367 g/mol. The molecule has 0 saturated carbocycles. The summed E-state index contributed by atoms with van der Waals surface area (Å²) in [6, 6.07) is 0.355. The van der Waals surface area contributed by atoms with E-state index in [4.69, 9.17) is 0 Å². The van der Waals surface area contributed by atoms with Crippen LogP contribution in [0.25, 0.3) is 0 Å². The van der Waals surface area contributed by atoms with Gasteiger partial charge in [-0.05, 0) is 38.9 Å². The Morgan fingerprint density at radius 2 is 1.35 bits per heavy atom. The van der Waals surface area contributed by atoms with Crippen molar-refractivity contribution in [1.82, 2.24) is 16.0 Å². The SMILES string of the molecule is CCCCCCCCCCCCCC1CC(=O)NCCCNCCCN1. The fourth-order valence-electron chi connectivity index (χ4n) is 3.71. The molecule has 1 fully saturated rings. The Hall–Kier alpha value is -0.610. The summed E-state index contributed by atoms with van der Waals surface area (Å²) < 4.78 is 0. The zero-order valence-electron chi connectivity index (χ0n) is 17.4. The van der Waals surface area contributed by atoms with Gasteiger partial charge in [0.2, 0.25) is 5.91 Å². The largest absolute Gasteiger partial charge is 0.356 e. The van der Waals surface area contributed by atoms with E-state index in [-0.39, 0.29) is 5.91 Å². The van der Waals surface area contributed by atoms with E-state index in [1.165, 1.54) is 70.6 Å². The van der Waals surface area contributed by atoms with Gasteiger partial charge in [-0.3, -0.25) is 4.79 Å². The summed E-state index contributed by atoms with van der Waals surface area (Å²) in [5.74, 6) is 0.214. The van der Waals surface area contributed by atoms with Crippen molar-refractivity contribution in [2.45, 2.75) is 109 Å². The van der Waals surface area contributed by atoms with Crippen LogP contribution in [0.3, 0.4) is 0 Å². The van der Waals surface area contributed by atoms with Gasteiger partial charge in [0.15, 0.2) is 0 Å². The maximum Gasteiger partial charge on any atom is 0.221 e. The molecule has 4 nitrogen and oxygen atoms in total. The highest BCUT2D eigenvalue weighted by Crippen LogP contribution is 2.13. The Morgan fingerprint density at radius 1 is 0.769 bits per heavy atom. The highest BCUT2D eigenvalue weighted by atomic mass is 16.1. The lowest BCUT2D eigenvalue weighted by molar-refractivity contribution is -0.121. The van der Waals surface area contributed by atoms with Crippen LogP contribution in [0.4, 0.5) is 0 Å². The van der Waals surface area contributed by atoms with Crippen LogP contribution in [0.2, 0.25) is 0 Å². The summed E-state index contributed by atoms with van der Waals surface area (Å²) >= 11 is 0. The first kappa shape index (κ1) is 23.4. The van der Waals surface area contributed by atoms with E-state index >= 15 is 0 Å². The number of rotatable bonds is 12. The van der Waals surface area contributed by atoms with Gasteiger partial charge in [-0.2, -0.15) is 0 Å². The van der Waals surface area contributed by atoms with Gasteiger partial charge in [-0.15, -0.1) is 0 Å². The molecule has 1 amide bonds. The van der Waals surface area contributed by atoms with Crippen molar-refractivity contribution >= 4 is 5.91 Å². The lowest BCUT2D eigenvalue weighted by atomic mass is 10.0. The lowest BCUT2D eigenvalue weighted by Gasteiger charge is -2.19. The van der Waals surface area contributed by atoms with Crippen molar-refractivity contribution < 1.29 is 4.79 Å². The van der Waals surface area contributed by atoms with E-state index in [2.05, 4.69) is 22.9 Å². The molecule has 1 aliphatic rings. The molecule has 0 radical (unpaired) electrons.